The average molecular weight is 408 g/mol. The number of hydrogen-bond acceptors (Lipinski definition) is 6. The molecular formula is C19H25N3OS3. The molecule has 140 valence electrons. The van der Waals surface area contributed by atoms with Gasteiger partial charge in [0.25, 0.3) is 0 Å². The number of thioether (sulfide) groups is 2. The van der Waals surface area contributed by atoms with Crippen molar-refractivity contribution in [1.82, 2.24) is 0 Å². The summed E-state index contributed by atoms with van der Waals surface area (Å²) < 4.78 is 0.996. The van der Waals surface area contributed by atoms with Gasteiger partial charge in [0.05, 0.1) is 17.9 Å². The summed E-state index contributed by atoms with van der Waals surface area (Å²) >= 11 is 4.80. The van der Waals surface area contributed by atoms with Gasteiger partial charge in [-0.25, -0.2) is 0 Å². The van der Waals surface area contributed by atoms with Crippen molar-refractivity contribution in [3.63, 3.8) is 0 Å². The first-order valence-corrected chi connectivity index (χ1v) is 11.9. The SMILES string of the molecule is CCC(C)(C)C1CCc2c(sc(NC(=O)CSC3=NCCS3)c2C#N)C1. The molecule has 1 atom stereocenters. The van der Waals surface area contributed by atoms with Gasteiger partial charge in [-0.3, -0.25) is 9.79 Å². The number of hydrogen-bond donors (Lipinski definition) is 1. The number of thiophene rings is 1. The minimum absolute atomic E-state index is 0.0502. The van der Waals surface area contributed by atoms with Gasteiger partial charge < -0.3 is 5.32 Å². The first kappa shape index (κ1) is 19.8. The smallest absolute Gasteiger partial charge is 0.235 e. The van der Waals surface area contributed by atoms with Gasteiger partial charge in [-0.1, -0.05) is 50.7 Å². The van der Waals surface area contributed by atoms with Crippen molar-refractivity contribution < 1.29 is 4.79 Å². The first-order chi connectivity index (χ1) is 12.4. The van der Waals surface area contributed by atoms with E-state index in [4.69, 9.17) is 0 Å². The standard InChI is InChI=1S/C19H25N3OS3/c1-4-19(2,3)12-5-6-13-14(10-20)17(26-15(13)9-12)22-16(23)11-25-18-21-7-8-24-18/h12H,4-9,11H2,1-3H3,(H,22,23). The fraction of sp³-hybridized carbons (Fsp3) is 0.632. The molecular weight excluding hydrogens is 382 g/mol. The van der Waals surface area contributed by atoms with Crippen LogP contribution in [-0.2, 0) is 17.6 Å². The Morgan fingerprint density at radius 3 is 2.96 bits per heavy atom. The molecule has 0 saturated heterocycles. The molecule has 1 amide bonds. The van der Waals surface area contributed by atoms with E-state index in [0.29, 0.717) is 22.6 Å². The van der Waals surface area contributed by atoms with Gasteiger partial charge in [-0.2, -0.15) is 5.26 Å². The number of carbonyl (C=O) groups is 1. The maximum absolute atomic E-state index is 12.3. The van der Waals surface area contributed by atoms with Crippen molar-refractivity contribution in [2.45, 2.75) is 46.5 Å². The van der Waals surface area contributed by atoms with Gasteiger partial charge in [-0.05, 0) is 36.2 Å². The summed E-state index contributed by atoms with van der Waals surface area (Å²) in [6.45, 7) is 7.78. The largest absolute Gasteiger partial charge is 0.316 e. The van der Waals surface area contributed by atoms with Crippen LogP contribution in [0.4, 0.5) is 5.00 Å². The Morgan fingerprint density at radius 2 is 2.31 bits per heavy atom. The third kappa shape index (κ3) is 4.29. The van der Waals surface area contributed by atoms with E-state index in [2.05, 4.69) is 37.1 Å². The van der Waals surface area contributed by atoms with Crippen LogP contribution in [0.25, 0.3) is 0 Å². The van der Waals surface area contributed by atoms with Gasteiger partial charge in [0.1, 0.15) is 15.4 Å². The lowest BCUT2D eigenvalue weighted by molar-refractivity contribution is -0.113. The Bertz CT molecular complexity index is 761. The van der Waals surface area contributed by atoms with Crippen LogP contribution in [0.15, 0.2) is 4.99 Å². The van der Waals surface area contributed by atoms with Crippen LogP contribution >= 0.6 is 34.9 Å². The fourth-order valence-corrected chi connectivity index (χ4v) is 6.54. The van der Waals surface area contributed by atoms with Crippen molar-refractivity contribution in [3.8, 4) is 6.07 Å². The highest BCUT2D eigenvalue weighted by Gasteiger charge is 2.34. The van der Waals surface area contributed by atoms with Crippen LogP contribution < -0.4 is 5.32 Å². The summed E-state index contributed by atoms with van der Waals surface area (Å²) in [4.78, 5) is 18.0. The summed E-state index contributed by atoms with van der Waals surface area (Å²) in [5.41, 5.74) is 2.16. The van der Waals surface area contributed by atoms with E-state index in [0.717, 1.165) is 47.4 Å². The normalized spacial score (nSPS) is 19.6. The molecule has 3 rings (SSSR count). The van der Waals surface area contributed by atoms with Gasteiger partial charge >= 0.3 is 0 Å². The molecule has 1 aromatic rings. The van der Waals surface area contributed by atoms with Gasteiger partial charge in [-0.15, -0.1) is 11.3 Å². The Labute approximate surface area is 168 Å². The number of nitrogens with zero attached hydrogens (tertiary/aromatic N) is 2. The summed E-state index contributed by atoms with van der Waals surface area (Å²) in [5.74, 6) is 1.95. The summed E-state index contributed by atoms with van der Waals surface area (Å²) in [5, 5.41) is 13.3. The zero-order valence-electron chi connectivity index (χ0n) is 15.6. The number of carbonyl (C=O) groups excluding carboxylic acids is 1. The summed E-state index contributed by atoms with van der Waals surface area (Å²) in [6.07, 6.45) is 4.25. The predicted molar refractivity (Wildman–Crippen MR) is 114 cm³/mol. The van der Waals surface area contributed by atoms with Crippen molar-refractivity contribution in [2.75, 3.05) is 23.4 Å². The molecule has 0 spiro atoms. The van der Waals surface area contributed by atoms with Crippen LogP contribution in [0.3, 0.4) is 0 Å². The number of anilines is 1. The molecule has 2 heterocycles. The minimum Gasteiger partial charge on any atom is -0.316 e. The van der Waals surface area contributed by atoms with Crippen LogP contribution in [-0.4, -0.2) is 28.3 Å². The lowest BCUT2D eigenvalue weighted by Crippen LogP contribution is -2.28. The molecule has 2 aliphatic rings. The van der Waals surface area contributed by atoms with Crippen molar-refractivity contribution >= 4 is 50.1 Å². The molecule has 1 N–H and O–H groups in total. The highest BCUT2D eigenvalue weighted by atomic mass is 32.2. The zero-order chi connectivity index (χ0) is 18.7. The molecule has 4 nitrogen and oxygen atoms in total. The van der Waals surface area contributed by atoms with Crippen molar-refractivity contribution in [2.24, 2.45) is 16.3 Å². The maximum Gasteiger partial charge on any atom is 0.235 e. The molecule has 1 aliphatic carbocycles. The van der Waals surface area contributed by atoms with Crippen LogP contribution in [0, 0.1) is 22.7 Å². The van der Waals surface area contributed by atoms with E-state index in [1.165, 1.54) is 22.2 Å². The quantitative estimate of drug-likeness (QED) is 0.751. The van der Waals surface area contributed by atoms with Gasteiger partial charge in [0.15, 0.2) is 0 Å². The number of rotatable bonds is 5. The molecule has 1 aromatic heterocycles. The van der Waals surface area contributed by atoms with E-state index >= 15 is 0 Å². The molecule has 26 heavy (non-hydrogen) atoms. The Balaban J connectivity index is 1.69. The fourth-order valence-electron chi connectivity index (χ4n) is 3.44. The first-order valence-electron chi connectivity index (χ1n) is 9.09. The van der Waals surface area contributed by atoms with Crippen molar-refractivity contribution in [1.29, 1.82) is 5.26 Å². The van der Waals surface area contributed by atoms with E-state index in [1.54, 1.807) is 23.1 Å². The summed E-state index contributed by atoms with van der Waals surface area (Å²) in [7, 11) is 0. The topological polar surface area (TPSA) is 65.2 Å². The minimum atomic E-state index is -0.0502. The molecule has 0 fully saturated rings. The third-order valence-electron chi connectivity index (χ3n) is 5.53. The highest BCUT2D eigenvalue weighted by molar-refractivity contribution is 8.39. The molecule has 0 saturated carbocycles. The average Bonchev–Trinajstić information content (AvgIpc) is 3.26. The van der Waals surface area contributed by atoms with Gasteiger partial charge in [0, 0.05) is 10.6 Å². The molecule has 1 unspecified atom stereocenters. The Kier molecular flexibility index (Phi) is 6.37. The number of fused-ring (bicyclic) bond motifs is 1. The molecule has 7 heteroatoms. The van der Waals surface area contributed by atoms with Crippen molar-refractivity contribution in [3.05, 3.63) is 16.0 Å². The third-order valence-corrected chi connectivity index (χ3v) is 8.95. The number of aliphatic imine (C=N–C) groups is 1. The zero-order valence-corrected chi connectivity index (χ0v) is 18.0. The van der Waals surface area contributed by atoms with Gasteiger partial charge in [0.2, 0.25) is 5.91 Å². The predicted octanol–water partition coefficient (Wildman–Crippen LogP) is 4.94. The van der Waals surface area contributed by atoms with E-state index in [-0.39, 0.29) is 5.91 Å². The second kappa shape index (κ2) is 8.37. The lowest BCUT2D eigenvalue weighted by atomic mass is 9.69. The lowest BCUT2D eigenvalue weighted by Gasteiger charge is -2.36. The summed E-state index contributed by atoms with van der Waals surface area (Å²) in [6, 6.07) is 2.33. The Hall–Kier alpha value is -0.970. The highest BCUT2D eigenvalue weighted by Crippen LogP contribution is 2.45. The van der Waals surface area contributed by atoms with E-state index in [1.807, 2.05) is 0 Å². The number of amides is 1. The second-order valence-electron chi connectivity index (χ2n) is 7.43. The molecule has 0 bridgehead atoms. The van der Waals surface area contributed by atoms with E-state index < -0.39 is 0 Å². The Morgan fingerprint density at radius 1 is 1.50 bits per heavy atom. The molecule has 1 aliphatic heterocycles. The monoisotopic (exact) mass is 407 g/mol. The molecule has 0 radical (unpaired) electrons. The second-order valence-corrected chi connectivity index (χ2v) is 10.8. The van der Waals surface area contributed by atoms with Crippen LogP contribution in [0.5, 0.6) is 0 Å². The number of nitriles is 1. The van der Waals surface area contributed by atoms with Crippen LogP contribution in [0.1, 0.15) is 49.6 Å². The molecule has 0 aromatic carbocycles. The maximum atomic E-state index is 12.3. The van der Waals surface area contributed by atoms with E-state index in [9.17, 15) is 10.1 Å². The van der Waals surface area contributed by atoms with Crippen LogP contribution in [0.2, 0.25) is 0 Å². The number of nitrogens with one attached hydrogen (secondary N) is 1.